The maximum atomic E-state index is 14.1. The summed E-state index contributed by atoms with van der Waals surface area (Å²) in [6.45, 7) is 4.80. The molecule has 31 heavy (non-hydrogen) atoms. The summed E-state index contributed by atoms with van der Waals surface area (Å²) in [6.07, 6.45) is 2.61. The Labute approximate surface area is 183 Å². The minimum atomic E-state index is -0.507. The molecule has 0 aliphatic carbocycles. The van der Waals surface area contributed by atoms with E-state index in [4.69, 9.17) is 0 Å². The van der Waals surface area contributed by atoms with Crippen molar-refractivity contribution in [3.63, 3.8) is 0 Å². The minimum Gasteiger partial charge on any atom is -0.337 e. The maximum Gasteiger partial charge on any atom is 0.317 e. The Morgan fingerprint density at radius 1 is 1.16 bits per heavy atom. The zero-order chi connectivity index (χ0) is 22.4. The number of nitrogens with one attached hydrogen (secondary N) is 3. The van der Waals surface area contributed by atoms with Gasteiger partial charge in [-0.1, -0.05) is 44.2 Å². The molecule has 3 N–H and O–H groups in total. The van der Waals surface area contributed by atoms with Crippen molar-refractivity contribution in [2.45, 2.75) is 50.6 Å². The SMILES string of the molecule is CN(CCCC1CC(c2cccc(F)c2)NN1)C(=O)NCC(C)(C)c1ccccc1F. The molecule has 2 aromatic rings. The van der Waals surface area contributed by atoms with Gasteiger partial charge in [0.05, 0.1) is 0 Å². The Bertz CT molecular complexity index is 889. The third-order valence-corrected chi connectivity index (χ3v) is 5.91. The van der Waals surface area contributed by atoms with Crippen molar-refractivity contribution >= 4 is 6.03 Å². The van der Waals surface area contributed by atoms with E-state index in [1.807, 2.05) is 19.9 Å². The van der Waals surface area contributed by atoms with Crippen molar-refractivity contribution < 1.29 is 13.6 Å². The number of urea groups is 1. The molecule has 2 amide bonds. The monoisotopic (exact) mass is 430 g/mol. The van der Waals surface area contributed by atoms with Gasteiger partial charge in [-0.25, -0.2) is 13.6 Å². The van der Waals surface area contributed by atoms with Crippen LogP contribution in [0.25, 0.3) is 0 Å². The first-order valence-electron chi connectivity index (χ1n) is 10.8. The van der Waals surface area contributed by atoms with Crippen LogP contribution < -0.4 is 16.2 Å². The largest absolute Gasteiger partial charge is 0.337 e. The number of hydrazine groups is 1. The van der Waals surface area contributed by atoms with Crippen molar-refractivity contribution in [3.05, 3.63) is 71.3 Å². The number of rotatable bonds is 8. The molecule has 168 valence electrons. The topological polar surface area (TPSA) is 56.4 Å². The van der Waals surface area contributed by atoms with Crippen LogP contribution >= 0.6 is 0 Å². The highest BCUT2D eigenvalue weighted by atomic mass is 19.1. The van der Waals surface area contributed by atoms with Gasteiger partial charge in [0, 0.05) is 37.6 Å². The molecule has 1 heterocycles. The van der Waals surface area contributed by atoms with Crippen LogP contribution in [0.15, 0.2) is 48.5 Å². The lowest BCUT2D eigenvalue weighted by molar-refractivity contribution is 0.204. The Kier molecular flexibility index (Phi) is 7.62. The van der Waals surface area contributed by atoms with Crippen LogP contribution in [0, 0.1) is 11.6 Å². The lowest BCUT2D eigenvalue weighted by atomic mass is 9.84. The van der Waals surface area contributed by atoms with E-state index >= 15 is 0 Å². The van der Waals surface area contributed by atoms with Gasteiger partial charge in [0.25, 0.3) is 0 Å². The fourth-order valence-electron chi connectivity index (χ4n) is 3.97. The van der Waals surface area contributed by atoms with E-state index in [0.29, 0.717) is 18.7 Å². The highest BCUT2D eigenvalue weighted by Gasteiger charge is 2.26. The van der Waals surface area contributed by atoms with E-state index in [-0.39, 0.29) is 29.7 Å². The zero-order valence-corrected chi connectivity index (χ0v) is 18.4. The lowest BCUT2D eigenvalue weighted by Crippen LogP contribution is -2.43. The molecule has 5 nitrogen and oxygen atoms in total. The first kappa shape index (κ1) is 23.2. The lowest BCUT2D eigenvalue weighted by Gasteiger charge is -2.28. The molecule has 0 bridgehead atoms. The first-order chi connectivity index (χ1) is 14.8. The molecule has 0 saturated carbocycles. The average Bonchev–Trinajstić information content (AvgIpc) is 3.21. The zero-order valence-electron chi connectivity index (χ0n) is 18.4. The number of benzene rings is 2. The van der Waals surface area contributed by atoms with Crippen LogP contribution in [0.4, 0.5) is 13.6 Å². The highest BCUT2D eigenvalue weighted by Crippen LogP contribution is 2.26. The van der Waals surface area contributed by atoms with Crippen LogP contribution in [0.3, 0.4) is 0 Å². The fourth-order valence-corrected chi connectivity index (χ4v) is 3.97. The van der Waals surface area contributed by atoms with E-state index in [1.165, 1.54) is 12.1 Å². The van der Waals surface area contributed by atoms with Crippen LogP contribution in [0.2, 0.25) is 0 Å². The fraction of sp³-hybridized carbons (Fsp3) is 0.458. The molecule has 1 aliphatic heterocycles. The quantitative estimate of drug-likeness (QED) is 0.586. The van der Waals surface area contributed by atoms with Gasteiger partial charge >= 0.3 is 6.03 Å². The summed E-state index contributed by atoms with van der Waals surface area (Å²) in [5.41, 5.74) is 7.51. The average molecular weight is 431 g/mol. The molecule has 0 radical (unpaired) electrons. The molecule has 0 aromatic heterocycles. The van der Waals surface area contributed by atoms with Gasteiger partial charge in [0.1, 0.15) is 11.6 Å². The second kappa shape index (κ2) is 10.2. The molecule has 1 aliphatic rings. The molecular formula is C24H32F2N4O. The molecular weight excluding hydrogens is 398 g/mol. The molecule has 2 unspecified atom stereocenters. The van der Waals surface area contributed by atoms with Gasteiger partial charge < -0.3 is 10.2 Å². The predicted octanol–water partition coefficient (Wildman–Crippen LogP) is 4.27. The van der Waals surface area contributed by atoms with Crippen molar-refractivity contribution in [1.29, 1.82) is 0 Å². The van der Waals surface area contributed by atoms with Gasteiger partial charge in [-0.2, -0.15) is 0 Å². The summed E-state index contributed by atoms with van der Waals surface area (Å²) in [6, 6.07) is 13.5. The Morgan fingerprint density at radius 2 is 1.94 bits per heavy atom. The van der Waals surface area contributed by atoms with Crippen LogP contribution in [0.1, 0.15) is 50.3 Å². The first-order valence-corrected chi connectivity index (χ1v) is 10.8. The Hall–Kier alpha value is -2.51. The smallest absolute Gasteiger partial charge is 0.317 e. The third kappa shape index (κ3) is 6.24. The molecule has 0 spiro atoms. The standard InChI is InChI=1S/C24H32F2N4O/c1-24(2,20-11-4-5-12-21(20)26)16-27-23(31)30(3)13-7-10-19-15-22(29-28-19)17-8-6-9-18(25)14-17/h4-6,8-9,11-12,14,19,22,28-29H,7,10,13,15-16H2,1-3H3,(H,27,31). The Balaban J connectivity index is 1.39. The molecule has 3 rings (SSSR count). The summed E-state index contributed by atoms with van der Waals surface area (Å²) in [5.74, 6) is -0.488. The van der Waals surface area contributed by atoms with E-state index in [1.54, 1.807) is 42.3 Å². The normalized spacial score (nSPS) is 18.7. The number of carbonyl (C=O) groups excluding carboxylic acids is 1. The number of nitrogens with zero attached hydrogens (tertiary/aromatic N) is 1. The minimum absolute atomic E-state index is 0.0855. The number of halogens is 2. The molecule has 2 atom stereocenters. The second-order valence-corrected chi connectivity index (χ2v) is 8.92. The second-order valence-electron chi connectivity index (χ2n) is 8.92. The third-order valence-electron chi connectivity index (χ3n) is 5.91. The van der Waals surface area contributed by atoms with Crippen molar-refractivity contribution in [1.82, 2.24) is 21.1 Å². The summed E-state index contributed by atoms with van der Waals surface area (Å²) in [5, 5.41) is 2.92. The number of amides is 2. The van der Waals surface area contributed by atoms with Gasteiger partial charge in [-0.15, -0.1) is 0 Å². The molecule has 2 aromatic carbocycles. The van der Waals surface area contributed by atoms with Gasteiger partial charge in [0.15, 0.2) is 0 Å². The predicted molar refractivity (Wildman–Crippen MR) is 119 cm³/mol. The summed E-state index contributed by atoms with van der Waals surface area (Å²) < 4.78 is 27.5. The summed E-state index contributed by atoms with van der Waals surface area (Å²) >= 11 is 0. The summed E-state index contributed by atoms with van der Waals surface area (Å²) in [4.78, 5) is 14.1. The molecule has 1 saturated heterocycles. The van der Waals surface area contributed by atoms with E-state index in [9.17, 15) is 13.6 Å². The number of hydrogen-bond acceptors (Lipinski definition) is 3. The van der Waals surface area contributed by atoms with Gasteiger partial charge in [-0.05, 0) is 48.6 Å². The maximum absolute atomic E-state index is 14.1. The van der Waals surface area contributed by atoms with E-state index < -0.39 is 5.41 Å². The molecule has 7 heteroatoms. The van der Waals surface area contributed by atoms with E-state index in [2.05, 4.69) is 16.2 Å². The van der Waals surface area contributed by atoms with Crippen LogP contribution in [-0.2, 0) is 5.41 Å². The Morgan fingerprint density at radius 3 is 2.68 bits per heavy atom. The highest BCUT2D eigenvalue weighted by molar-refractivity contribution is 5.73. The molecule has 1 fully saturated rings. The van der Waals surface area contributed by atoms with Crippen molar-refractivity contribution in [2.75, 3.05) is 20.1 Å². The van der Waals surface area contributed by atoms with Crippen molar-refractivity contribution in [3.8, 4) is 0 Å². The van der Waals surface area contributed by atoms with Crippen molar-refractivity contribution in [2.24, 2.45) is 0 Å². The number of carbonyl (C=O) groups is 1. The van der Waals surface area contributed by atoms with Gasteiger partial charge in [0.2, 0.25) is 0 Å². The summed E-state index contributed by atoms with van der Waals surface area (Å²) in [7, 11) is 1.77. The van der Waals surface area contributed by atoms with Crippen LogP contribution in [-0.4, -0.2) is 37.1 Å². The van der Waals surface area contributed by atoms with E-state index in [0.717, 1.165) is 24.8 Å². The van der Waals surface area contributed by atoms with Gasteiger partial charge in [-0.3, -0.25) is 10.9 Å². The number of hydrogen-bond donors (Lipinski definition) is 3. The van der Waals surface area contributed by atoms with Crippen LogP contribution in [0.5, 0.6) is 0 Å².